The maximum atomic E-state index is 10.7. The van der Waals surface area contributed by atoms with Crippen LogP contribution in [0.25, 0.3) is 0 Å². The Morgan fingerprint density at radius 2 is 2.00 bits per heavy atom. The fourth-order valence-corrected chi connectivity index (χ4v) is 3.03. The average Bonchev–Trinajstić information content (AvgIpc) is 2.76. The maximum Gasteiger partial charge on any atom is 0.359 e. The molecule has 0 amide bonds. The molecule has 0 saturated carbocycles. The van der Waals surface area contributed by atoms with E-state index in [1.54, 1.807) is 0 Å². The molecule has 6 nitrogen and oxygen atoms in total. The van der Waals surface area contributed by atoms with Crippen molar-refractivity contribution < 1.29 is 13.0 Å². The van der Waals surface area contributed by atoms with Crippen LogP contribution in [0.3, 0.4) is 0 Å². The highest BCUT2D eigenvalue weighted by molar-refractivity contribution is 7.87. The Labute approximate surface area is 115 Å². The van der Waals surface area contributed by atoms with Crippen LogP contribution in [0.2, 0.25) is 0 Å². The highest BCUT2D eigenvalue weighted by Gasteiger charge is 2.15. The van der Waals surface area contributed by atoms with Crippen LogP contribution in [0.4, 0.5) is 5.13 Å². The van der Waals surface area contributed by atoms with Crippen LogP contribution in [0.1, 0.15) is 23.4 Å². The van der Waals surface area contributed by atoms with Gasteiger partial charge < -0.3 is 0 Å². The Morgan fingerprint density at radius 1 is 1.32 bits per heavy atom. The third kappa shape index (κ3) is 4.27. The second kappa shape index (κ2) is 5.64. The van der Waals surface area contributed by atoms with Crippen LogP contribution in [0, 0.1) is 0 Å². The molecule has 0 aliphatic rings. The molecule has 1 aromatic carbocycles. The smallest absolute Gasteiger partial charge is 0.269 e. The largest absolute Gasteiger partial charge is 0.359 e. The van der Waals surface area contributed by atoms with E-state index in [1.165, 1.54) is 5.56 Å². The molecular formula is C11H13N3O3S2. The Bertz CT molecular complexity index is 640. The van der Waals surface area contributed by atoms with Crippen molar-refractivity contribution in [1.82, 2.24) is 10.2 Å². The van der Waals surface area contributed by atoms with E-state index in [-0.39, 0.29) is 11.0 Å². The van der Waals surface area contributed by atoms with E-state index < -0.39 is 10.3 Å². The Hall–Kier alpha value is -1.51. The van der Waals surface area contributed by atoms with Gasteiger partial charge in [0.25, 0.3) is 0 Å². The summed E-state index contributed by atoms with van der Waals surface area (Å²) in [5.74, 6) is 0.122. The maximum absolute atomic E-state index is 10.7. The lowest BCUT2D eigenvalue weighted by atomic mass is 10.0. The first-order valence-corrected chi connectivity index (χ1v) is 7.82. The lowest BCUT2D eigenvalue weighted by Crippen LogP contribution is -2.09. The van der Waals surface area contributed by atoms with E-state index in [0.29, 0.717) is 0 Å². The lowest BCUT2D eigenvalue weighted by Gasteiger charge is -2.06. The van der Waals surface area contributed by atoms with E-state index in [9.17, 15) is 8.42 Å². The van der Waals surface area contributed by atoms with Gasteiger partial charge in [-0.25, -0.2) is 4.72 Å². The van der Waals surface area contributed by atoms with Crippen LogP contribution >= 0.6 is 11.3 Å². The number of aromatic nitrogens is 2. The highest BCUT2D eigenvalue weighted by Crippen LogP contribution is 2.26. The molecule has 0 bridgehead atoms. The predicted molar refractivity (Wildman–Crippen MR) is 73.6 cm³/mol. The van der Waals surface area contributed by atoms with E-state index in [0.717, 1.165) is 22.8 Å². The molecule has 1 atom stereocenters. The molecule has 2 rings (SSSR count). The van der Waals surface area contributed by atoms with Crippen molar-refractivity contribution in [2.75, 3.05) is 4.72 Å². The summed E-state index contributed by atoms with van der Waals surface area (Å²) in [4.78, 5) is 0. The van der Waals surface area contributed by atoms with Crippen LogP contribution in [0.5, 0.6) is 0 Å². The van der Waals surface area contributed by atoms with Crippen molar-refractivity contribution in [2.45, 2.75) is 19.3 Å². The van der Waals surface area contributed by atoms with Gasteiger partial charge in [0.1, 0.15) is 5.01 Å². The second-order valence-electron chi connectivity index (χ2n) is 4.11. The van der Waals surface area contributed by atoms with Crippen molar-refractivity contribution in [2.24, 2.45) is 0 Å². The fraction of sp³-hybridized carbons (Fsp3) is 0.273. The zero-order valence-electron chi connectivity index (χ0n) is 10.1. The van der Waals surface area contributed by atoms with Crippen molar-refractivity contribution in [3.05, 3.63) is 40.9 Å². The number of hydrogen-bond donors (Lipinski definition) is 2. The van der Waals surface area contributed by atoms with Gasteiger partial charge in [-0.15, -0.1) is 10.2 Å². The SMILES string of the molecule is CC(Cc1ccccc1)c1nnc(NS(=O)(=O)O)s1. The summed E-state index contributed by atoms with van der Waals surface area (Å²) >= 11 is 1.11. The molecule has 0 saturated heterocycles. The highest BCUT2D eigenvalue weighted by atomic mass is 32.2. The van der Waals surface area contributed by atoms with Crippen molar-refractivity contribution in [3.63, 3.8) is 0 Å². The summed E-state index contributed by atoms with van der Waals surface area (Å²) < 4.78 is 31.9. The molecule has 0 aliphatic carbocycles. The molecule has 8 heteroatoms. The summed E-state index contributed by atoms with van der Waals surface area (Å²) in [6.45, 7) is 1.99. The van der Waals surface area contributed by atoms with Crippen LogP contribution in [0.15, 0.2) is 30.3 Å². The van der Waals surface area contributed by atoms with Crippen molar-refractivity contribution >= 4 is 26.8 Å². The van der Waals surface area contributed by atoms with E-state index in [4.69, 9.17) is 4.55 Å². The predicted octanol–water partition coefficient (Wildman–Crippen LogP) is 2.10. The summed E-state index contributed by atoms with van der Waals surface area (Å²) in [5.41, 5.74) is 1.18. The molecule has 19 heavy (non-hydrogen) atoms. The monoisotopic (exact) mass is 299 g/mol. The molecule has 1 heterocycles. The minimum Gasteiger partial charge on any atom is -0.269 e. The first-order valence-electron chi connectivity index (χ1n) is 5.56. The molecular weight excluding hydrogens is 286 g/mol. The number of nitrogens with zero attached hydrogens (tertiary/aromatic N) is 2. The topological polar surface area (TPSA) is 92.2 Å². The Morgan fingerprint density at radius 3 is 2.63 bits per heavy atom. The van der Waals surface area contributed by atoms with Crippen LogP contribution in [-0.4, -0.2) is 23.2 Å². The minimum atomic E-state index is -4.29. The van der Waals surface area contributed by atoms with Crippen LogP contribution in [-0.2, 0) is 16.7 Å². The molecule has 1 aromatic heterocycles. The number of rotatable bonds is 5. The average molecular weight is 299 g/mol. The third-order valence-corrected chi connectivity index (χ3v) is 4.11. The van der Waals surface area contributed by atoms with E-state index >= 15 is 0 Å². The lowest BCUT2D eigenvalue weighted by molar-refractivity contribution is 0.489. The standard InChI is InChI=1S/C11H13N3O3S2/c1-8(7-9-5-3-2-4-6-9)10-12-13-11(18-10)14-19(15,16)17/h2-6,8H,7H2,1H3,(H,13,14)(H,15,16,17). The zero-order valence-corrected chi connectivity index (χ0v) is 11.8. The molecule has 102 valence electrons. The first kappa shape index (κ1) is 13.9. The van der Waals surface area contributed by atoms with Gasteiger partial charge >= 0.3 is 10.3 Å². The number of anilines is 1. The third-order valence-electron chi connectivity index (χ3n) is 2.46. The molecule has 0 aliphatic heterocycles. The normalized spacial score (nSPS) is 13.2. The summed E-state index contributed by atoms with van der Waals surface area (Å²) in [7, 11) is -4.29. The van der Waals surface area contributed by atoms with Gasteiger partial charge in [-0.05, 0) is 12.0 Å². The molecule has 2 N–H and O–H groups in total. The van der Waals surface area contributed by atoms with Gasteiger partial charge in [0.15, 0.2) is 0 Å². The van der Waals surface area contributed by atoms with E-state index in [2.05, 4.69) is 10.2 Å². The van der Waals surface area contributed by atoms with E-state index in [1.807, 2.05) is 42.0 Å². The van der Waals surface area contributed by atoms with Gasteiger partial charge in [0, 0.05) is 5.92 Å². The van der Waals surface area contributed by atoms with Crippen molar-refractivity contribution in [1.29, 1.82) is 0 Å². The zero-order chi connectivity index (χ0) is 13.9. The minimum absolute atomic E-state index is 0.0670. The van der Waals surface area contributed by atoms with Crippen molar-refractivity contribution in [3.8, 4) is 0 Å². The van der Waals surface area contributed by atoms with Gasteiger partial charge in [-0.1, -0.05) is 48.6 Å². The Kier molecular flexibility index (Phi) is 4.13. The second-order valence-corrected chi connectivity index (χ2v) is 6.28. The summed E-state index contributed by atoms with van der Waals surface area (Å²) in [6, 6.07) is 9.93. The van der Waals surface area contributed by atoms with Gasteiger partial charge in [0.2, 0.25) is 5.13 Å². The van der Waals surface area contributed by atoms with Gasteiger partial charge in [0.05, 0.1) is 0 Å². The molecule has 2 aromatic rings. The molecule has 0 spiro atoms. The molecule has 0 radical (unpaired) electrons. The van der Waals surface area contributed by atoms with Gasteiger partial charge in [-0.2, -0.15) is 8.42 Å². The number of nitrogens with one attached hydrogen (secondary N) is 1. The molecule has 1 unspecified atom stereocenters. The number of benzene rings is 1. The summed E-state index contributed by atoms with van der Waals surface area (Å²) in [6.07, 6.45) is 0.793. The van der Waals surface area contributed by atoms with Gasteiger partial charge in [-0.3, -0.25) is 4.55 Å². The number of hydrogen-bond acceptors (Lipinski definition) is 5. The summed E-state index contributed by atoms with van der Waals surface area (Å²) in [5, 5.41) is 8.39. The Balaban J connectivity index is 2.06. The van der Waals surface area contributed by atoms with Crippen LogP contribution < -0.4 is 4.72 Å². The first-order chi connectivity index (χ1) is 8.94. The molecule has 0 fully saturated rings. The fourth-order valence-electron chi connectivity index (χ4n) is 1.64. The quantitative estimate of drug-likeness (QED) is 0.825.